The fourth-order valence-electron chi connectivity index (χ4n) is 3.19. The Morgan fingerprint density at radius 2 is 1.31 bits per heavy atom. The van der Waals surface area contributed by atoms with E-state index in [-0.39, 0.29) is 24.6 Å². The Labute approximate surface area is 180 Å². The van der Waals surface area contributed by atoms with Crippen molar-refractivity contribution in [2.75, 3.05) is 13.1 Å². The highest BCUT2D eigenvalue weighted by atomic mass is 19.4. The lowest BCUT2D eigenvalue weighted by Gasteiger charge is -2.10. The molecule has 1 aromatic heterocycles. The number of benzene rings is 3. The van der Waals surface area contributed by atoms with Crippen LogP contribution in [0.3, 0.4) is 0 Å². The minimum atomic E-state index is -4.46. The summed E-state index contributed by atoms with van der Waals surface area (Å²) in [6, 6.07) is 16.4. The van der Waals surface area contributed by atoms with Crippen molar-refractivity contribution in [3.05, 3.63) is 83.4 Å². The minimum Gasteiger partial charge on any atom is -0.350 e. The van der Waals surface area contributed by atoms with Gasteiger partial charge in [0.15, 0.2) is 0 Å². The second-order valence-corrected chi connectivity index (χ2v) is 6.97. The smallest absolute Gasteiger partial charge is 0.350 e. The molecule has 0 saturated heterocycles. The van der Waals surface area contributed by atoms with Crippen molar-refractivity contribution < 1.29 is 22.8 Å². The molecule has 4 aromatic rings. The molecule has 2 N–H and O–H groups in total. The minimum absolute atomic E-state index is 0.0977. The summed E-state index contributed by atoms with van der Waals surface area (Å²) in [5, 5.41) is 5.27. The quantitative estimate of drug-likeness (QED) is 0.365. The molecule has 1 heterocycles. The van der Waals surface area contributed by atoms with Crippen LogP contribution in [0.2, 0.25) is 0 Å². The third-order valence-corrected chi connectivity index (χ3v) is 4.78. The van der Waals surface area contributed by atoms with Crippen LogP contribution < -0.4 is 10.6 Å². The number of aromatic nitrogens is 2. The summed E-state index contributed by atoms with van der Waals surface area (Å²) in [6.45, 7) is 0.230. The van der Waals surface area contributed by atoms with Crippen LogP contribution in [0, 0.1) is 0 Å². The van der Waals surface area contributed by atoms with Gasteiger partial charge in [0.1, 0.15) is 5.52 Å². The third-order valence-electron chi connectivity index (χ3n) is 4.78. The molecule has 0 aliphatic rings. The Balaban J connectivity index is 1.37. The SMILES string of the molecule is O=C(NCCNC(=O)c1cccc2nc3ccccc3nc12)c1ccc(C(F)(F)F)cc1. The molecular formula is C23H17F3N4O2. The highest BCUT2D eigenvalue weighted by Gasteiger charge is 2.30. The summed E-state index contributed by atoms with van der Waals surface area (Å²) in [6.07, 6.45) is -4.46. The first-order chi connectivity index (χ1) is 15.3. The van der Waals surface area contributed by atoms with E-state index >= 15 is 0 Å². The number of para-hydroxylation sites is 3. The summed E-state index contributed by atoms with van der Waals surface area (Å²) in [4.78, 5) is 33.8. The number of nitrogens with zero attached hydrogens (tertiary/aromatic N) is 2. The van der Waals surface area contributed by atoms with E-state index in [4.69, 9.17) is 0 Å². The highest BCUT2D eigenvalue weighted by Crippen LogP contribution is 2.29. The second kappa shape index (κ2) is 8.62. The maximum absolute atomic E-state index is 12.6. The molecule has 0 radical (unpaired) electrons. The summed E-state index contributed by atoms with van der Waals surface area (Å²) in [5.41, 5.74) is 2.08. The van der Waals surface area contributed by atoms with Crippen LogP contribution in [0.1, 0.15) is 26.3 Å². The zero-order chi connectivity index (χ0) is 22.7. The van der Waals surface area contributed by atoms with E-state index in [1.807, 2.05) is 24.3 Å². The van der Waals surface area contributed by atoms with E-state index in [1.54, 1.807) is 18.2 Å². The Morgan fingerprint density at radius 3 is 1.97 bits per heavy atom. The van der Waals surface area contributed by atoms with Gasteiger partial charge in [0.05, 0.1) is 27.7 Å². The number of carbonyl (C=O) groups excluding carboxylic acids is 2. The van der Waals surface area contributed by atoms with E-state index in [0.29, 0.717) is 22.1 Å². The predicted molar refractivity (Wildman–Crippen MR) is 113 cm³/mol. The lowest BCUT2D eigenvalue weighted by molar-refractivity contribution is -0.137. The van der Waals surface area contributed by atoms with Gasteiger partial charge in [-0.05, 0) is 48.5 Å². The van der Waals surface area contributed by atoms with Gasteiger partial charge in [-0.15, -0.1) is 0 Å². The number of nitrogens with one attached hydrogen (secondary N) is 2. The molecule has 0 aliphatic heterocycles. The molecule has 0 aliphatic carbocycles. The number of amides is 2. The Hall–Kier alpha value is -4.01. The van der Waals surface area contributed by atoms with Crippen LogP contribution in [0.5, 0.6) is 0 Å². The Kier molecular flexibility index (Phi) is 5.72. The van der Waals surface area contributed by atoms with Gasteiger partial charge in [-0.2, -0.15) is 13.2 Å². The molecule has 2 amide bonds. The molecule has 0 saturated carbocycles. The van der Waals surface area contributed by atoms with Gasteiger partial charge in [0.2, 0.25) is 0 Å². The Bertz CT molecular complexity index is 1300. The van der Waals surface area contributed by atoms with Crippen molar-refractivity contribution in [2.24, 2.45) is 0 Å². The summed E-state index contributed by atoms with van der Waals surface area (Å²) in [7, 11) is 0. The molecule has 3 aromatic carbocycles. The van der Waals surface area contributed by atoms with Gasteiger partial charge in [-0.1, -0.05) is 18.2 Å². The number of carbonyl (C=O) groups is 2. The van der Waals surface area contributed by atoms with Gasteiger partial charge >= 0.3 is 6.18 Å². The van der Waals surface area contributed by atoms with Crippen LogP contribution in [0.15, 0.2) is 66.7 Å². The first-order valence-electron chi connectivity index (χ1n) is 9.72. The number of alkyl halides is 3. The summed E-state index contributed by atoms with van der Waals surface area (Å²) >= 11 is 0. The molecule has 0 fully saturated rings. The van der Waals surface area contributed by atoms with E-state index in [0.717, 1.165) is 29.8 Å². The molecule has 0 atom stereocenters. The van der Waals surface area contributed by atoms with Gasteiger partial charge < -0.3 is 10.6 Å². The topological polar surface area (TPSA) is 84.0 Å². The van der Waals surface area contributed by atoms with E-state index in [2.05, 4.69) is 20.6 Å². The first kappa shape index (κ1) is 21.2. The maximum atomic E-state index is 12.6. The van der Waals surface area contributed by atoms with Crippen LogP contribution in [0.4, 0.5) is 13.2 Å². The average Bonchev–Trinajstić information content (AvgIpc) is 2.79. The summed E-state index contributed by atoms with van der Waals surface area (Å²) in [5.74, 6) is -0.903. The third kappa shape index (κ3) is 4.51. The van der Waals surface area contributed by atoms with Crippen LogP contribution in [0.25, 0.3) is 22.1 Å². The van der Waals surface area contributed by atoms with Crippen molar-refractivity contribution >= 4 is 33.9 Å². The predicted octanol–water partition coefficient (Wildman–Crippen LogP) is 3.96. The second-order valence-electron chi connectivity index (χ2n) is 6.97. The van der Waals surface area contributed by atoms with Gasteiger partial charge in [0, 0.05) is 18.7 Å². The fraction of sp³-hybridized carbons (Fsp3) is 0.130. The van der Waals surface area contributed by atoms with Crippen molar-refractivity contribution in [1.29, 1.82) is 0 Å². The molecule has 162 valence electrons. The molecule has 6 nitrogen and oxygen atoms in total. The van der Waals surface area contributed by atoms with Gasteiger partial charge in [-0.25, -0.2) is 9.97 Å². The molecule has 32 heavy (non-hydrogen) atoms. The first-order valence-corrected chi connectivity index (χ1v) is 9.72. The molecule has 0 bridgehead atoms. The van der Waals surface area contributed by atoms with Crippen molar-refractivity contribution in [3.8, 4) is 0 Å². The summed E-state index contributed by atoms with van der Waals surface area (Å²) < 4.78 is 37.8. The Morgan fingerprint density at radius 1 is 0.719 bits per heavy atom. The van der Waals surface area contributed by atoms with Gasteiger partial charge in [0.25, 0.3) is 11.8 Å². The number of hydrogen-bond donors (Lipinski definition) is 2. The molecule has 4 rings (SSSR count). The lowest BCUT2D eigenvalue weighted by Crippen LogP contribution is -2.34. The molecule has 9 heteroatoms. The number of rotatable bonds is 5. The fourth-order valence-corrected chi connectivity index (χ4v) is 3.19. The maximum Gasteiger partial charge on any atom is 0.416 e. The number of hydrogen-bond acceptors (Lipinski definition) is 4. The van der Waals surface area contributed by atoms with E-state index in [1.165, 1.54) is 0 Å². The molecule has 0 unspecified atom stereocenters. The van der Waals surface area contributed by atoms with Crippen molar-refractivity contribution in [3.63, 3.8) is 0 Å². The molecule has 0 spiro atoms. The number of fused-ring (bicyclic) bond motifs is 2. The van der Waals surface area contributed by atoms with Crippen LogP contribution in [-0.4, -0.2) is 34.9 Å². The van der Waals surface area contributed by atoms with E-state index in [9.17, 15) is 22.8 Å². The zero-order valence-electron chi connectivity index (χ0n) is 16.6. The van der Waals surface area contributed by atoms with Crippen LogP contribution in [-0.2, 0) is 6.18 Å². The lowest BCUT2D eigenvalue weighted by atomic mass is 10.1. The number of halogens is 3. The van der Waals surface area contributed by atoms with E-state index < -0.39 is 17.6 Å². The highest BCUT2D eigenvalue weighted by molar-refractivity contribution is 6.06. The molecular weight excluding hydrogens is 421 g/mol. The monoisotopic (exact) mass is 438 g/mol. The zero-order valence-corrected chi connectivity index (χ0v) is 16.6. The van der Waals surface area contributed by atoms with Crippen LogP contribution >= 0.6 is 0 Å². The van der Waals surface area contributed by atoms with Crippen molar-refractivity contribution in [1.82, 2.24) is 20.6 Å². The largest absolute Gasteiger partial charge is 0.416 e. The normalized spacial score (nSPS) is 11.5. The van der Waals surface area contributed by atoms with Crippen molar-refractivity contribution in [2.45, 2.75) is 6.18 Å². The van der Waals surface area contributed by atoms with Gasteiger partial charge in [-0.3, -0.25) is 9.59 Å². The average molecular weight is 438 g/mol. The standard InChI is InChI=1S/C23H17F3N4O2/c24-23(25,26)15-10-8-14(9-11-15)21(31)27-12-13-28-22(32)16-4-3-7-19-20(16)30-18-6-2-1-5-17(18)29-19/h1-11H,12-13H2,(H,27,31)(H,28,32).